The summed E-state index contributed by atoms with van der Waals surface area (Å²) in [6.45, 7) is 0. The Morgan fingerprint density at radius 3 is 2.61 bits per heavy atom. The van der Waals surface area contributed by atoms with Crippen molar-refractivity contribution in [2.45, 2.75) is 0 Å². The summed E-state index contributed by atoms with van der Waals surface area (Å²) in [5, 5.41) is 26.7. The molecule has 1 aliphatic rings. The molecule has 0 radical (unpaired) electrons. The molecule has 1 aliphatic carbocycles. The quantitative estimate of drug-likeness (QED) is 0.490. The minimum atomic E-state index is -1.20. The van der Waals surface area contributed by atoms with Gasteiger partial charge >= 0.3 is 5.97 Å². The van der Waals surface area contributed by atoms with E-state index >= 15 is 0 Å². The fraction of sp³-hybridized carbons (Fsp3) is 0.0417. The molecule has 3 aromatic rings. The fourth-order valence-corrected chi connectivity index (χ4v) is 3.25. The van der Waals surface area contributed by atoms with Gasteiger partial charge in [0.25, 0.3) is 5.91 Å². The Bertz CT molecular complexity index is 1420. The summed E-state index contributed by atoms with van der Waals surface area (Å²) in [6.07, 6.45) is 2.54. The molecule has 8 nitrogen and oxygen atoms in total. The van der Waals surface area contributed by atoms with Gasteiger partial charge < -0.3 is 20.3 Å². The number of benzene rings is 2. The van der Waals surface area contributed by atoms with Crippen LogP contribution in [0.4, 0.5) is 10.1 Å². The maximum atomic E-state index is 13.4. The molecule has 0 aliphatic heterocycles. The minimum Gasteiger partial charge on any atom is -0.507 e. The van der Waals surface area contributed by atoms with E-state index in [1.54, 1.807) is 18.2 Å². The smallest absolute Gasteiger partial charge is 0.337 e. The summed E-state index contributed by atoms with van der Waals surface area (Å²) in [4.78, 5) is 24.4. The van der Waals surface area contributed by atoms with E-state index in [1.165, 1.54) is 48.2 Å². The molecule has 0 saturated heterocycles. The maximum absolute atomic E-state index is 13.4. The molecule has 0 saturated carbocycles. The molecular formula is C24H16FN3O5. The van der Waals surface area contributed by atoms with Gasteiger partial charge in [0.2, 0.25) is 0 Å². The number of phenolic OH excluding ortho intramolecular Hbond substituents is 1. The second-order valence-corrected chi connectivity index (χ2v) is 6.80. The standard InChI is InChI=1S/C24H16FN3O5/c1-33-21-8-4-7-20(29)22(21)19-13-18(27-28(19)15-11-9-14(25)10-12-15)23(30)26-17-6-3-2-5-16(17)24(31)32/h2-9,11,13,29H,1H3,(H,26,30)(H,31,32). The van der Waals surface area contributed by atoms with Gasteiger partial charge in [-0.2, -0.15) is 9.49 Å². The van der Waals surface area contributed by atoms with Gasteiger partial charge in [-0.3, -0.25) is 4.79 Å². The van der Waals surface area contributed by atoms with Crippen molar-refractivity contribution in [1.82, 2.24) is 9.78 Å². The van der Waals surface area contributed by atoms with Crippen LogP contribution in [0.3, 0.4) is 0 Å². The van der Waals surface area contributed by atoms with Crippen LogP contribution in [0.1, 0.15) is 20.8 Å². The third-order valence-corrected chi connectivity index (χ3v) is 4.75. The number of carboxylic acid groups (broad SMARTS) is 1. The SMILES string of the molecule is COc1cccc(O)c1-c1cc(C(=O)Nc2ccccc2C(=O)O)nn1C1=C=C=C(F)C=C1. The lowest BCUT2D eigenvalue weighted by atomic mass is 10.1. The molecule has 1 heterocycles. The van der Waals surface area contributed by atoms with Gasteiger partial charge in [-0.15, -0.1) is 0 Å². The molecular weight excluding hydrogens is 429 g/mol. The number of hydrogen-bond acceptors (Lipinski definition) is 5. The van der Waals surface area contributed by atoms with Crippen molar-refractivity contribution in [2.24, 2.45) is 0 Å². The fourth-order valence-electron chi connectivity index (χ4n) is 3.25. The summed E-state index contributed by atoms with van der Waals surface area (Å²) in [6, 6.07) is 12.0. The molecule has 1 aromatic heterocycles. The van der Waals surface area contributed by atoms with E-state index in [1.807, 2.05) is 0 Å². The number of phenols is 1. The van der Waals surface area contributed by atoms with Gasteiger partial charge in [-0.1, -0.05) is 18.2 Å². The highest BCUT2D eigenvalue weighted by Crippen LogP contribution is 2.39. The monoisotopic (exact) mass is 445 g/mol. The van der Waals surface area contributed by atoms with Gasteiger partial charge in [-0.25, -0.2) is 9.48 Å². The van der Waals surface area contributed by atoms with Gasteiger partial charge in [0.15, 0.2) is 11.5 Å². The van der Waals surface area contributed by atoms with Crippen molar-refractivity contribution in [3.05, 3.63) is 89.2 Å². The predicted molar refractivity (Wildman–Crippen MR) is 118 cm³/mol. The lowest BCUT2D eigenvalue weighted by Gasteiger charge is -2.12. The average molecular weight is 445 g/mol. The molecule has 0 unspecified atom stereocenters. The van der Waals surface area contributed by atoms with Crippen molar-refractivity contribution in [1.29, 1.82) is 0 Å². The van der Waals surface area contributed by atoms with E-state index in [4.69, 9.17) is 4.74 Å². The Hall–Kier alpha value is -4.84. The molecule has 0 spiro atoms. The first-order valence-electron chi connectivity index (χ1n) is 9.59. The van der Waals surface area contributed by atoms with E-state index in [0.29, 0.717) is 5.75 Å². The van der Waals surface area contributed by atoms with Crippen LogP contribution in [0.25, 0.3) is 17.0 Å². The number of nitrogens with one attached hydrogen (secondary N) is 1. The highest BCUT2D eigenvalue weighted by molar-refractivity contribution is 6.07. The molecule has 4 rings (SSSR count). The van der Waals surface area contributed by atoms with E-state index in [-0.39, 0.29) is 39.6 Å². The number of carboxylic acids is 1. The Morgan fingerprint density at radius 1 is 1.12 bits per heavy atom. The number of carbonyl (C=O) groups is 2. The predicted octanol–water partition coefficient (Wildman–Crippen LogP) is 4.23. The number of nitrogens with zero attached hydrogens (tertiary/aromatic N) is 2. The number of amides is 1. The van der Waals surface area contributed by atoms with E-state index in [9.17, 15) is 24.2 Å². The minimum absolute atomic E-state index is 0.0886. The number of aromatic hydroxyl groups is 1. The third-order valence-electron chi connectivity index (χ3n) is 4.75. The van der Waals surface area contributed by atoms with Crippen molar-refractivity contribution in [3.8, 4) is 22.8 Å². The zero-order valence-corrected chi connectivity index (χ0v) is 17.2. The lowest BCUT2D eigenvalue weighted by molar-refractivity contribution is 0.0698. The first kappa shape index (κ1) is 21.4. The van der Waals surface area contributed by atoms with Crippen LogP contribution >= 0.6 is 0 Å². The number of hydrogen-bond donors (Lipinski definition) is 3. The normalized spacial score (nSPS) is 12.2. The summed E-state index contributed by atoms with van der Waals surface area (Å²) in [5.74, 6) is -2.34. The Kier molecular flexibility index (Phi) is 5.66. The number of allylic oxidation sites excluding steroid dienone is 4. The Balaban J connectivity index is 1.85. The number of para-hydroxylation sites is 1. The molecule has 164 valence electrons. The summed E-state index contributed by atoms with van der Waals surface area (Å²) in [7, 11) is 1.42. The summed E-state index contributed by atoms with van der Waals surface area (Å²) in [5.41, 5.74) is 5.59. The number of ether oxygens (including phenoxy) is 1. The van der Waals surface area contributed by atoms with Gasteiger partial charge in [0.1, 0.15) is 17.2 Å². The highest BCUT2D eigenvalue weighted by atomic mass is 19.1. The van der Waals surface area contributed by atoms with Crippen LogP contribution in [-0.4, -0.2) is 39.0 Å². The maximum Gasteiger partial charge on any atom is 0.337 e. The molecule has 9 heteroatoms. The van der Waals surface area contributed by atoms with Crippen LogP contribution in [0, 0.1) is 0 Å². The van der Waals surface area contributed by atoms with Crippen molar-refractivity contribution in [2.75, 3.05) is 12.4 Å². The third kappa shape index (κ3) is 4.18. The number of halogens is 1. The molecule has 33 heavy (non-hydrogen) atoms. The zero-order chi connectivity index (χ0) is 23.5. The Morgan fingerprint density at radius 2 is 1.91 bits per heavy atom. The molecule has 3 N–H and O–H groups in total. The first-order chi connectivity index (χ1) is 15.9. The average Bonchev–Trinajstić information content (AvgIpc) is 3.24. The second-order valence-electron chi connectivity index (χ2n) is 6.80. The Labute approximate surface area is 186 Å². The van der Waals surface area contributed by atoms with Gasteiger partial charge in [0.05, 0.1) is 29.6 Å². The molecule has 2 aromatic carbocycles. The van der Waals surface area contributed by atoms with Crippen molar-refractivity contribution >= 4 is 23.3 Å². The number of aromatic carboxylic acids is 1. The summed E-state index contributed by atoms with van der Waals surface area (Å²) >= 11 is 0. The lowest BCUT2D eigenvalue weighted by Crippen LogP contribution is -2.15. The van der Waals surface area contributed by atoms with Gasteiger partial charge in [-0.05, 0) is 53.9 Å². The topological polar surface area (TPSA) is 114 Å². The summed E-state index contributed by atoms with van der Waals surface area (Å²) < 4.78 is 20.0. The van der Waals surface area contributed by atoms with E-state index in [2.05, 4.69) is 21.9 Å². The van der Waals surface area contributed by atoms with Crippen LogP contribution in [-0.2, 0) is 0 Å². The number of methoxy groups -OCH3 is 1. The molecule has 0 atom stereocenters. The van der Waals surface area contributed by atoms with Crippen LogP contribution in [0.5, 0.6) is 11.5 Å². The van der Waals surface area contributed by atoms with Crippen molar-refractivity contribution in [3.63, 3.8) is 0 Å². The first-order valence-corrected chi connectivity index (χ1v) is 9.59. The number of aromatic nitrogens is 2. The molecule has 1 amide bonds. The zero-order valence-electron chi connectivity index (χ0n) is 17.2. The van der Waals surface area contributed by atoms with Gasteiger partial charge in [0, 0.05) is 0 Å². The number of carbonyl (C=O) groups excluding carboxylic acids is 1. The van der Waals surface area contributed by atoms with E-state index in [0.717, 1.165) is 6.08 Å². The molecule has 0 fully saturated rings. The highest BCUT2D eigenvalue weighted by Gasteiger charge is 2.23. The van der Waals surface area contributed by atoms with Crippen LogP contribution < -0.4 is 10.1 Å². The largest absolute Gasteiger partial charge is 0.507 e. The molecule has 0 bridgehead atoms. The van der Waals surface area contributed by atoms with Crippen LogP contribution in [0.2, 0.25) is 0 Å². The second kappa shape index (κ2) is 8.72. The van der Waals surface area contributed by atoms with Crippen molar-refractivity contribution < 1.29 is 28.9 Å². The number of rotatable bonds is 6. The van der Waals surface area contributed by atoms with E-state index < -0.39 is 17.7 Å². The number of anilines is 1. The van der Waals surface area contributed by atoms with Crippen LogP contribution in [0.15, 0.2) is 78.0 Å².